The molecule has 1 fully saturated rings. The lowest BCUT2D eigenvalue weighted by atomic mass is 10.6. The third-order valence-corrected chi connectivity index (χ3v) is 1.67. The fraction of sp³-hybridized carbons (Fsp3) is 0.571. The van der Waals surface area contributed by atoms with Crippen LogP contribution in [0.1, 0.15) is 19.8 Å². The first-order valence-electron chi connectivity index (χ1n) is 3.33. The highest BCUT2D eigenvalue weighted by molar-refractivity contribution is 14.1. The molecule has 0 heterocycles. The fourth-order valence-electron chi connectivity index (χ4n) is 0.783. The molecule has 1 rings (SSSR count). The lowest BCUT2D eigenvalue weighted by Gasteiger charge is -2.11. The van der Waals surface area contributed by atoms with Crippen molar-refractivity contribution in [3.8, 4) is 0 Å². The Hall–Kier alpha value is -0.0600. The second-order valence-corrected chi connectivity index (χ2v) is 4.17. The third-order valence-electron chi connectivity index (χ3n) is 1.39. The maximum absolute atomic E-state index is 3.89. The van der Waals surface area contributed by atoms with Gasteiger partial charge in [-0.05, 0) is 42.4 Å². The third kappa shape index (κ3) is 2.28. The summed E-state index contributed by atoms with van der Waals surface area (Å²) in [6, 6.07) is 0.641. The summed E-state index contributed by atoms with van der Waals surface area (Å²) in [6.07, 6.45) is 4.56. The summed E-state index contributed by atoms with van der Waals surface area (Å²) in [5, 5.41) is 5.84. The van der Waals surface area contributed by atoms with Gasteiger partial charge in [-0.3, -0.25) is 5.01 Å². The minimum absolute atomic E-state index is 0.641. The Kier molecular flexibility index (Phi) is 2.71. The minimum atomic E-state index is 0.641. The SMILES string of the molecule is C=NN(/C=C(\C)I)C1CC1. The van der Waals surface area contributed by atoms with E-state index in [2.05, 4.69) is 41.3 Å². The molecule has 0 aromatic carbocycles. The van der Waals surface area contributed by atoms with E-state index in [0.29, 0.717) is 6.04 Å². The Balaban J connectivity index is 2.47. The molecule has 2 nitrogen and oxygen atoms in total. The standard InChI is InChI=1S/C7H11IN2/c1-6(8)5-10(9-2)7-3-4-7/h5,7H,2-4H2,1H3/b6-5+. The van der Waals surface area contributed by atoms with Gasteiger partial charge in [0.1, 0.15) is 0 Å². The number of hydrogen-bond acceptors (Lipinski definition) is 2. The molecule has 10 heavy (non-hydrogen) atoms. The highest BCUT2D eigenvalue weighted by Crippen LogP contribution is 2.28. The molecule has 0 atom stereocenters. The zero-order valence-electron chi connectivity index (χ0n) is 6.05. The van der Waals surface area contributed by atoms with Crippen LogP contribution in [0.25, 0.3) is 0 Å². The minimum Gasteiger partial charge on any atom is -0.270 e. The lowest BCUT2D eigenvalue weighted by molar-refractivity contribution is 0.391. The fourth-order valence-corrected chi connectivity index (χ4v) is 1.07. The van der Waals surface area contributed by atoms with Crippen LogP contribution in [0, 0.1) is 0 Å². The molecule has 0 unspecified atom stereocenters. The Morgan fingerprint density at radius 1 is 1.80 bits per heavy atom. The molecule has 0 bridgehead atoms. The zero-order chi connectivity index (χ0) is 7.56. The van der Waals surface area contributed by atoms with Crippen LogP contribution < -0.4 is 0 Å². The van der Waals surface area contributed by atoms with Crippen LogP contribution in [0.4, 0.5) is 0 Å². The Morgan fingerprint density at radius 3 is 2.70 bits per heavy atom. The largest absolute Gasteiger partial charge is 0.270 e. The molecule has 0 amide bonds. The van der Waals surface area contributed by atoms with Crippen molar-refractivity contribution in [2.24, 2.45) is 5.10 Å². The summed E-state index contributed by atoms with van der Waals surface area (Å²) >= 11 is 2.27. The van der Waals surface area contributed by atoms with E-state index in [4.69, 9.17) is 0 Å². The Bertz CT molecular complexity index is 157. The quantitative estimate of drug-likeness (QED) is 0.426. The van der Waals surface area contributed by atoms with Gasteiger partial charge in [-0.1, -0.05) is 0 Å². The van der Waals surface area contributed by atoms with E-state index in [1.54, 1.807) is 0 Å². The highest BCUT2D eigenvalue weighted by atomic mass is 127. The summed E-state index contributed by atoms with van der Waals surface area (Å²) in [5.41, 5.74) is 0. The molecule has 3 heteroatoms. The van der Waals surface area contributed by atoms with Crippen molar-refractivity contribution in [1.29, 1.82) is 0 Å². The summed E-state index contributed by atoms with van der Waals surface area (Å²) < 4.78 is 1.25. The van der Waals surface area contributed by atoms with E-state index >= 15 is 0 Å². The van der Waals surface area contributed by atoms with E-state index in [0.717, 1.165) is 0 Å². The number of nitrogens with zero attached hydrogens (tertiary/aromatic N) is 2. The monoisotopic (exact) mass is 250 g/mol. The van der Waals surface area contributed by atoms with Gasteiger partial charge in [0, 0.05) is 16.5 Å². The van der Waals surface area contributed by atoms with Crippen molar-refractivity contribution in [3.05, 3.63) is 9.78 Å². The van der Waals surface area contributed by atoms with Gasteiger partial charge in [0.05, 0.1) is 6.04 Å². The number of hydrazone groups is 1. The second kappa shape index (κ2) is 3.37. The molecule has 0 aromatic heterocycles. The molecule has 0 aromatic rings. The smallest absolute Gasteiger partial charge is 0.0520 e. The van der Waals surface area contributed by atoms with Gasteiger partial charge in [-0.2, -0.15) is 5.10 Å². The first-order valence-corrected chi connectivity index (χ1v) is 4.41. The summed E-state index contributed by atoms with van der Waals surface area (Å²) in [6.45, 7) is 5.56. The lowest BCUT2D eigenvalue weighted by Crippen LogP contribution is -2.11. The van der Waals surface area contributed by atoms with Gasteiger partial charge in [-0.15, -0.1) is 0 Å². The maximum atomic E-state index is 3.89. The van der Waals surface area contributed by atoms with Crippen LogP contribution >= 0.6 is 22.6 Å². The molecule has 0 aliphatic heterocycles. The first kappa shape index (κ1) is 8.04. The number of rotatable bonds is 3. The van der Waals surface area contributed by atoms with Gasteiger partial charge in [0.2, 0.25) is 0 Å². The Morgan fingerprint density at radius 2 is 2.40 bits per heavy atom. The van der Waals surface area contributed by atoms with Gasteiger partial charge in [0.25, 0.3) is 0 Å². The van der Waals surface area contributed by atoms with Gasteiger partial charge in [0.15, 0.2) is 0 Å². The molecule has 0 saturated heterocycles. The van der Waals surface area contributed by atoms with Crippen molar-refractivity contribution >= 4 is 29.3 Å². The predicted molar refractivity (Wildman–Crippen MR) is 52.2 cm³/mol. The number of halogens is 1. The second-order valence-electron chi connectivity index (χ2n) is 2.47. The summed E-state index contributed by atoms with van der Waals surface area (Å²) in [5.74, 6) is 0. The van der Waals surface area contributed by atoms with Gasteiger partial charge >= 0.3 is 0 Å². The molecule has 56 valence electrons. The highest BCUT2D eigenvalue weighted by Gasteiger charge is 2.26. The normalized spacial score (nSPS) is 18.8. The molecule has 0 N–H and O–H groups in total. The Labute approximate surface area is 75.1 Å². The van der Waals surface area contributed by atoms with Gasteiger partial charge in [-0.25, -0.2) is 0 Å². The summed E-state index contributed by atoms with van der Waals surface area (Å²) in [7, 11) is 0. The van der Waals surface area contributed by atoms with Crippen molar-refractivity contribution in [2.75, 3.05) is 0 Å². The number of hydrogen-bond donors (Lipinski definition) is 0. The summed E-state index contributed by atoms with van der Waals surface area (Å²) in [4.78, 5) is 0. The van der Waals surface area contributed by atoms with Crippen molar-refractivity contribution < 1.29 is 0 Å². The van der Waals surface area contributed by atoms with Crippen LogP contribution in [0.5, 0.6) is 0 Å². The molecule has 1 saturated carbocycles. The maximum Gasteiger partial charge on any atom is 0.0520 e. The van der Waals surface area contributed by atoms with E-state index in [1.165, 1.54) is 16.4 Å². The van der Waals surface area contributed by atoms with Crippen LogP contribution in [0.15, 0.2) is 14.9 Å². The molecular formula is C7H11IN2. The van der Waals surface area contributed by atoms with Crippen LogP contribution in [-0.2, 0) is 0 Å². The topological polar surface area (TPSA) is 15.6 Å². The van der Waals surface area contributed by atoms with Crippen LogP contribution in [-0.4, -0.2) is 17.8 Å². The molecular weight excluding hydrogens is 239 g/mol. The van der Waals surface area contributed by atoms with Gasteiger partial charge < -0.3 is 0 Å². The first-order chi connectivity index (χ1) is 4.74. The zero-order valence-corrected chi connectivity index (χ0v) is 8.21. The van der Waals surface area contributed by atoms with E-state index in [1.807, 2.05) is 11.2 Å². The van der Waals surface area contributed by atoms with E-state index in [-0.39, 0.29) is 0 Å². The van der Waals surface area contributed by atoms with Crippen LogP contribution in [0.2, 0.25) is 0 Å². The average molecular weight is 250 g/mol. The van der Waals surface area contributed by atoms with Crippen molar-refractivity contribution in [1.82, 2.24) is 5.01 Å². The molecule has 1 aliphatic carbocycles. The van der Waals surface area contributed by atoms with Crippen molar-refractivity contribution in [2.45, 2.75) is 25.8 Å². The molecule has 1 aliphatic rings. The van der Waals surface area contributed by atoms with E-state index < -0.39 is 0 Å². The molecule has 0 radical (unpaired) electrons. The average Bonchev–Trinajstić information content (AvgIpc) is 2.63. The van der Waals surface area contributed by atoms with Crippen molar-refractivity contribution in [3.63, 3.8) is 0 Å². The molecule has 0 spiro atoms. The van der Waals surface area contributed by atoms with Crippen LogP contribution in [0.3, 0.4) is 0 Å². The van der Waals surface area contributed by atoms with E-state index in [9.17, 15) is 0 Å². The number of allylic oxidation sites excluding steroid dienone is 1. The predicted octanol–water partition coefficient (Wildman–Crippen LogP) is 2.36.